The monoisotopic (exact) mass is 606 g/mol. The van der Waals surface area contributed by atoms with E-state index in [0.717, 1.165) is 30.8 Å². The number of hydrogen-bond acceptors (Lipinski definition) is 8. The molecule has 1 fully saturated rings. The molecule has 0 saturated carbocycles. The Hall–Kier alpha value is -3.89. The highest BCUT2D eigenvalue weighted by molar-refractivity contribution is 6.33. The van der Waals surface area contributed by atoms with Crippen LogP contribution in [0, 0.1) is 0 Å². The summed E-state index contributed by atoms with van der Waals surface area (Å²) in [5.41, 5.74) is 2.64. The Morgan fingerprint density at radius 3 is 2.44 bits per heavy atom. The highest BCUT2D eigenvalue weighted by atomic mass is 35.5. The normalized spacial score (nSPS) is 14.3. The van der Waals surface area contributed by atoms with Crippen molar-refractivity contribution < 1.29 is 19.0 Å². The van der Waals surface area contributed by atoms with Crippen LogP contribution in [-0.2, 0) is 11.3 Å². The molecule has 2 aromatic heterocycles. The number of piperazine rings is 1. The van der Waals surface area contributed by atoms with Crippen molar-refractivity contribution in [3.63, 3.8) is 0 Å². The number of halogens is 1. The van der Waals surface area contributed by atoms with Crippen LogP contribution in [0.25, 0.3) is 22.6 Å². The molecular formula is C32H39ClN6O4. The van der Waals surface area contributed by atoms with E-state index in [1.807, 2.05) is 75.6 Å². The van der Waals surface area contributed by atoms with Gasteiger partial charge in [-0.15, -0.1) is 0 Å². The molecule has 228 valence electrons. The van der Waals surface area contributed by atoms with Crippen LogP contribution in [0.2, 0.25) is 5.02 Å². The van der Waals surface area contributed by atoms with Crippen LogP contribution in [0.5, 0.6) is 11.6 Å². The second-order valence-corrected chi connectivity index (χ2v) is 12.2. The standard InChI is InChI=1S/C32H39ClN6O4/c1-22(2)42-30-27-29(34-21-35-30)39(20-23-9-7-6-8-10-23)28(36-27)25-12-11-24(19-26(25)33)41-18-17-37-13-15-38(16-14-37)31(40)43-32(3,4)5/h6-12,19,21-22H,13-18,20H2,1-5H3. The third-order valence-corrected chi connectivity index (χ3v) is 7.22. The number of carbonyl (C=O) groups is 1. The second kappa shape index (κ2) is 13.2. The topological polar surface area (TPSA) is 94.8 Å². The summed E-state index contributed by atoms with van der Waals surface area (Å²) in [5.74, 6) is 1.79. The van der Waals surface area contributed by atoms with Crippen molar-refractivity contribution in [2.75, 3.05) is 39.3 Å². The fourth-order valence-electron chi connectivity index (χ4n) is 4.89. The third-order valence-electron chi connectivity index (χ3n) is 6.91. The first kappa shape index (κ1) is 30.6. The first-order chi connectivity index (χ1) is 20.6. The van der Waals surface area contributed by atoms with E-state index in [4.69, 9.17) is 30.8 Å². The van der Waals surface area contributed by atoms with Gasteiger partial charge in [0.25, 0.3) is 0 Å². The largest absolute Gasteiger partial charge is 0.492 e. The lowest BCUT2D eigenvalue weighted by molar-refractivity contribution is 0.0137. The molecule has 0 bridgehead atoms. The predicted octanol–water partition coefficient (Wildman–Crippen LogP) is 5.91. The number of carbonyl (C=O) groups excluding carboxylic acids is 1. The second-order valence-electron chi connectivity index (χ2n) is 11.8. The van der Waals surface area contributed by atoms with Gasteiger partial charge in [0.1, 0.15) is 30.1 Å². The first-order valence-electron chi connectivity index (χ1n) is 14.6. The fraction of sp³-hybridized carbons (Fsp3) is 0.438. The van der Waals surface area contributed by atoms with E-state index in [0.29, 0.717) is 59.9 Å². The van der Waals surface area contributed by atoms with Gasteiger partial charge in [-0.3, -0.25) is 4.90 Å². The van der Waals surface area contributed by atoms with Crippen molar-refractivity contribution in [3.05, 3.63) is 65.4 Å². The van der Waals surface area contributed by atoms with Crippen LogP contribution in [0.3, 0.4) is 0 Å². The molecule has 3 heterocycles. The molecule has 1 aliphatic rings. The maximum Gasteiger partial charge on any atom is 0.410 e. The number of ether oxygens (including phenoxy) is 3. The van der Waals surface area contributed by atoms with E-state index < -0.39 is 5.60 Å². The summed E-state index contributed by atoms with van der Waals surface area (Å²) in [7, 11) is 0. The lowest BCUT2D eigenvalue weighted by atomic mass is 10.2. The zero-order valence-electron chi connectivity index (χ0n) is 25.4. The predicted molar refractivity (Wildman–Crippen MR) is 167 cm³/mol. The fourth-order valence-corrected chi connectivity index (χ4v) is 5.14. The SMILES string of the molecule is CC(C)Oc1ncnc2c1nc(-c1ccc(OCCN3CCN(C(=O)OC(C)(C)C)CC3)cc1Cl)n2Cc1ccccc1. The van der Waals surface area contributed by atoms with Gasteiger partial charge in [-0.2, -0.15) is 4.98 Å². The number of hydrogen-bond donors (Lipinski definition) is 0. The zero-order chi connectivity index (χ0) is 30.6. The summed E-state index contributed by atoms with van der Waals surface area (Å²) in [6.45, 7) is 14.2. The Balaban J connectivity index is 1.28. The summed E-state index contributed by atoms with van der Waals surface area (Å²) < 4.78 is 19.6. The maximum absolute atomic E-state index is 12.3. The van der Waals surface area contributed by atoms with E-state index in [9.17, 15) is 4.79 Å². The van der Waals surface area contributed by atoms with Gasteiger partial charge in [0.15, 0.2) is 11.2 Å². The highest BCUT2D eigenvalue weighted by Gasteiger charge is 2.26. The van der Waals surface area contributed by atoms with Crippen LogP contribution < -0.4 is 9.47 Å². The molecule has 5 rings (SSSR count). The average molecular weight is 607 g/mol. The molecule has 0 unspecified atom stereocenters. The van der Waals surface area contributed by atoms with Crippen LogP contribution >= 0.6 is 11.6 Å². The summed E-state index contributed by atoms with van der Waals surface area (Å²) >= 11 is 6.85. The quantitative estimate of drug-likeness (QED) is 0.232. The van der Waals surface area contributed by atoms with Crippen molar-refractivity contribution in [1.82, 2.24) is 29.3 Å². The number of fused-ring (bicyclic) bond motifs is 1. The van der Waals surface area contributed by atoms with E-state index in [-0.39, 0.29) is 12.2 Å². The van der Waals surface area contributed by atoms with Crippen LogP contribution in [0.4, 0.5) is 4.79 Å². The molecule has 1 saturated heterocycles. The van der Waals surface area contributed by atoms with Gasteiger partial charge in [0.2, 0.25) is 5.88 Å². The van der Waals surface area contributed by atoms with E-state index in [1.54, 1.807) is 4.90 Å². The maximum atomic E-state index is 12.3. The molecule has 0 aliphatic carbocycles. The molecular weight excluding hydrogens is 568 g/mol. The zero-order valence-corrected chi connectivity index (χ0v) is 26.2. The summed E-state index contributed by atoms with van der Waals surface area (Å²) in [6.07, 6.45) is 1.18. The minimum Gasteiger partial charge on any atom is -0.492 e. The molecule has 11 heteroatoms. The number of aromatic nitrogens is 4. The molecule has 0 spiro atoms. The molecule has 0 N–H and O–H groups in total. The van der Waals surface area contributed by atoms with Gasteiger partial charge in [0, 0.05) is 38.3 Å². The van der Waals surface area contributed by atoms with E-state index in [2.05, 4.69) is 27.0 Å². The minimum absolute atomic E-state index is 0.0605. The van der Waals surface area contributed by atoms with Crippen molar-refractivity contribution in [1.29, 1.82) is 0 Å². The number of rotatable bonds is 9. The lowest BCUT2D eigenvalue weighted by Gasteiger charge is -2.35. The minimum atomic E-state index is -0.493. The Kier molecular flexibility index (Phi) is 9.37. The first-order valence-corrected chi connectivity index (χ1v) is 15.0. The smallest absolute Gasteiger partial charge is 0.410 e. The average Bonchev–Trinajstić information content (AvgIpc) is 3.31. The molecule has 0 atom stereocenters. The van der Waals surface area contributed by atoms with Gasteiger partial charge in [0.05, 0.1) is 17.7 Å². The number of benzene rings is 2. The molecule has 0 radical (unpaired) electrons. The Labute approximate surface area is 257 Å². The van der Waals surface area contributed by atoms with Gasteiger partial charge < -0.3 is 23.7 Å². The van der Waals surface area contributed by atoms with Gasteiger partial charge in [-0.05, 0) is 58.4 Å². The van der Waals surface area contributed by atoms with Crippen molar-refractivity contribution in [2.45, 2.75) is 52.9 Å². The van der Waals surface area contributed by atoms with Gasteiger partial charge >= 0.3 is 6.09 Å². The Bertz CT molecular complexity index is 1540. The van der Waals surface area contributed by atoms with Crippen molar-refractivity contribution >= 4 is 28.9 Å². The summed E-state index contributed by atoms with van der Waals surface area (Å²) in [6, 6.07) is 15.8. The van der Waals surface area contributed by atoms with Gasteiger partial charge in [-0.1, -0.05) is 41.9 Å². The summed E-state index contributed by atoms with van der Waals surface area (Å²) in [4.78, 5) is 30.2. The van der Waals surface area contributed by atoms with Crippen LogP contribution in [-0.4, -0.2) is 86.4 Å². The molecule has 43 heavy (non-hydrogen) atoms. The Morgan fingerprint density at radius 2 is 1.77 bits per heavy atom. The third kappa shape index (κ3) is 7.74. The molecule has 10 nitrogen and oxygen atoms in total. The molecule has 1 aliphatic heterocycles. The van der Waals surface area contributed by atoms with E-state index >= 15 is 0 Å². The number of imidazole rings is 1. The van der Waals surface area contributed by atoms with Crippen molar-refractivity contribution in [3.8, 4) is 23.0 Å². The molecule has 2 aromatic carbocycles. The number of amides is 1. The lowest BCUT2D eigenvalue weighted by Crippen LogP contribution is -2.50. The van der Waals surface area contributed by atoms with Gasteiger partial charge in [-0.25, -0.2) is 14.8 Å². The molecule has 4 aromatic rings. The van der Waals surface area contributed by atoms with E-state index in [1.165, 1.54) is 6.33 Å². The Morgan fingerprint density at radius 1 is 1.02 bits per heavy atom. The summed E-state index contributed by atoms with van der Waals surface area (Å²) in [5, 5.41) is 0.521. The molecule has 1 amide bonds. The van der Waals surface area contributed by atoms with Crippen LogP contribution in [0.1, 0.15) is 40.2 Å². The highest BCUT2D eigenvalue weighted by Crippen LogP contribution is 2.35. The number of nitrogens with zero attached hydrogens (tertiary/aromatic N) is 6. The van der Waals surface area contributed by atoms with Crippen molar-refractivity contribution in [2.24, 2.45) is 0 Å². The van der Waals surface area contributed by atoms with Crippen LogP contribution in [0.15, 0.2) is 54.9 Å².